The van der Waals surface area contributed by atoms with Gasteiger partial charge in [-0.05, 0) is 36.3 Å². The summed E-state index contributed by atoms with van der Waals surface area (Å²) in [5, 5.41) is 3.40. The summed E-state index contributed by atoms with van der Waals surface area (Å²) >= 11 is 0. The van der Waals surface area contributed by atoms with Crippen molar-refractivity contribution in [2.24, 2.45) is 5.41 Å². The third-order valence-electron chi connectivity index (χ3n) is 4.05. The summed E-state index contributed by atoms with van der Waals surface area (Å²) in [6.45, 7) is 5.01. The average molecular weight is 285 g/mol. The van der Waals surface area contributed by atoms with Crippen molar-refractivity contribution in [3.63, 3.8) is 0 Å². The lowest BCUT2D eigenvalue weighted by molar-refractivity contribution is -0.137. The molecule has 4 heteroatoms. The minimum atomic E-state index is -4.26. The monoisotopic (exact) mass is 285 g/mol. The summed E-state index contributed by atoms with van der Waals surface area (Å²) in [7, 11) is 0. The molecule has 1 atom stereocenters. The van der Waals surface area contributed by atoms with Crippen LogP contribution in [-0.4, -0.2) is 6.04 Å². The standard InChI is InChI=1S/C16H22F3N/c1-15(2)8-4-7-14(10-15)20-11-12-5-3-6-13(9-12)16(17,18)19/h3,5-6,9,14,20H,4,7-8,10-11H2,1-2H3. The van der Waals surface area contributed by atoms with Crippen LogP contribution in [0.15, 0.2) is 24.3 Å². The van der Waals surface area contributed by atoms with E-state index in [2.05, 4.69) is 19.2 Å². The topological polar surface area (TPSA) is 12.0 Å². The minimum absolute atomic E-state index is 0.337. The normalized spacial score (nSPS) is 22.8. The van der Waals surface area contributed by atoms with Crippen molar-refractivity contribution in [2.45, 2.75) is 58.3 Å². The molecule has 0 heterocycles. The number of hydrogen-bond donors (Lipinski definition) is 1. The zero-order valence-electron chi connectivity index (χ0n) is 12.1. The fourth-order valence-electron chi connectivity index (χ4n) is 2.99. The van der Waals surface area contributed by atoms with Crippen LogP contribution in [-0.2, 0) is 12.7 Å². The second-order valence-electron chi connectivity index (χ2n) is 6.54. The Labute approximate surface area is 118 Å². The molecule has 0 spiro atoms. The molecule has 1 saturated carbocycles. The van der Waals surface area contributed by atoms with Crippen LogP contribution in [0.2, 0.25) is 0 Å². The number of rotatable bonds is 3. The van der Waals surface area contributed by atoms with E-state index in [-0.39, 0.29) is 0 Å². The Balaban J connectivity index is 1.94. The Morgan fingerprint density at radius 3 is 2.70 bits per heavy atom. The van der Waals surface area contributed by atoms with E-state index >= 15 is 0 Å². The molecule has 0 bridgehead atoms. The molecule has 0 amide bonds. The van der Waals surface area contributed by atoms with Crippen molar-refractivity contribution < 1.29 is 13.2 Å². The number of benzene rings is 1. The van der Waals surface area contributed by atoms with Gasteiger partial charge in [0.1, 0.15) is 0 Å². The molecule has 1 nitrogen and oxygen atoms in total. The largest absolute Gasteiger partial charge is 0.416 e. The van der Waals surface area contributed by atoms with Gasteiger partial charge in [0, 0.05) is 12.6 Å². The van der Waals surface area contributed by atoms with Gasteiger partial charge in [0.25, 0.3) is 0 Å². The third kappa shape index (κ3) is 4.23. The highest BCUT2D eigenvalue weighted by atomic mass is 19.4. The molecule has 1 unspecified atom stereocenters. The van der Waals surface area contributed by atoms with Gasteiger partial charge in [0.2, 0.25) is 0 Å². The highest BCUT2D eigenvalue weighted by Gasteiger charge is 2.30. The number of halogens is 3. The van der Waals surface area contributed by atoms with Crippen molar-refractivity contribution in [1.82, 2.24) is 5.32 Å². The van der Waals surface area contributed by atoms with Crippen LogP contribution in [0.1, 0.15) is 50.7 Å². The molecule has 2 rings (SSSR count). The zero-order valence-corrected chi connectivity index (χ0v) is 12.1. The maximum absolute atomic E-state index is 12.6. The molecule has 1 aromatic rings. The minimum Gasteiger partial charge on any atom is -0.310 e. The Morgan fingerprint density at radius 2 is 2.05 bits per heavy atom. The number of hydrogen-bond acceptors (Lipinski definition) is 1. The molecule has 0 saturated heterocycles. The molecule has 1 aliphatic rings. The molecule has 1 fully saturated rings. The van der Waals surface area contributed by atoms with E-state index in [0.29, 0.717) is 23.6 Å². The van der Waals surface area contributed by atoms with Crippen molar-refractivity contribution in [3.05, 3.63) is 35.4 Å². The lowest BCUT2D eigenvalue weighted by atomic mass is 9.75. The SMILES string of the molecule is CC1(C)CCCC(NCc2cccc(C(F)(F)F)c2)C1. The van der Waals surface area contributed by atoms with Crippen LogP contribution in [0.3, 0.4) is 0 Å². The second-order valence-corrected chi connectivity index (χ2v) is 6.54. The number of nitrogens with one attached hydrogen (secondary N) is 1. The molecule has 1 N–H and O–H groups in total. The molecular formula is C16H22F3N. The van der Waals surface area contributed by atoms with Gasteiger partial charge < -0.3 is 5.32 Å². The van der Waals surface area contributed by atoms with E-state index in [9.17, 15) is 13.2 Å². The molecule has 0 aromatic heterocycles. The van der Waals surface area contributed by atoms with Gasteiger partial charge in [0.05, 0.1) is 5.56 Å². The Bertz CT molecular complexity index is 451. The predicted octanol–water partition coefficient (Wildman–Crippen LogP) is 4.76. The maximum Gasteiger partial charge on any atom is 0.416 e. The molecular weight excluding hydrogens is 263 g/mol. The van der Waals surface area contributed by atoms with E-state index < -0.39 is 11.7 Å². The highest BCUT2D eigenvalue weighted by molar-refractivity contribution is 5.25. The summed E-state index contributed by atoms with van der Waals surface area (Å²) < 4.78 is 37.9. The van der Waals surface area contributed by atoms with E-state index in [1.165, 1.54) is 25.0 Å². The van der Waals surface area contributed by atoms with E-state index in [1.54, 1.807) is 6.07 Å². The van der Waals surface area contributed by atoms with Gasteiger partial charge in [-0.2, -0.15) is 13.2 Å². The van der Waals surface area contributed by atoms with Gasteiger partial charge in [0.15, 0.2) is 0 Å². The van der Waals surface area contributed by atoms with E-state index in [0.717, 1.165) is 18.9 Å². The van der Waals surface area contributed by atoms with Crippen molar-refractivity contribution in [3.8, 4) is 0 Å². The van der Waals surface area contributed by atoms with Gasteiger partial charge >= 0.3 is 6.18 Å². The van der Waals surface area contributed by atoms with Gasteiger partial charge in [-0.3, -0.25) is 0 Å². The first kappa shape index (κ1) is 15.4. The van der Waals surface area contributed by atoms with Crippen molar-refractivity contribution >= 4 is 0 Å². The Hall–Kier alpha value is -1.03. The van der Waals surface area contributed by atoms with Crippen LogP contribution in [0, 0.1) is 5.41 Å². The lowest BCUT2D eigenvalue weighted by Gasteiger charge is -2.35. The zero-order chi connectivity index (χ0) is 14.8. The van der Waals surface area contributed by atoms with Crippen molar-refractivity contribution in [2.75, 3.05) is 0 Å². The molecule has 1 aromatic carbocycles. The van der Waals surface area contributed by atoms with Crippen LogP contribution >= 0.6 is 0 Å². The fourth-order valence-corrected chi connectivity index (χ4v) is 2.99. The summed E-state index contributed by atoms with van der Waals surface area (Å²) in [6, 6.07) is 5.99. The quantitative estimate of drug-likeness (QED) is 0.844. The Morgan fingerprint density at radius 1 is 1.30 bits per heavy atom. The van der Waals surface area contributed by atoms with E-state index in [1.807, 2.05) is 0 Å². The molecule has 112 valence electrons. The van der Waals surface area contributed by atoms with Gasteiger partial charge in [-0.25, -0.2) is 0 Å². The van der Waals surface area contributed by atoms with Crippen LogP contribution in [0.4, 0.5) is 13.2 Å². The fraction of sp³-hybridized carbons (Fsp3) is 0.625. The molecule has 0 aliphatic heterocycles. The second kappa shape index (κ2) is 5.76. The Kier molecular flexibility index (Phi) is 4.43. The number of alkyl halides is 3. The molecule has 1 aliphatic carbocycles. The summed E-state index contributed by atoms with van der Waals surface area (Å²) in [5.41, 5.74) is 0.466. The first-order valence-electron chi connectivity index (χ1n) is 7.16. The van der Waals surface area contributed by atoms with Crippen LogP contribution in [0.5, 0.6) is 0 Å². The van der Waals surface area contributed by atoms with Crippen LogP contribution < -0.4 is 5.32 Å². The summed E-state index contributed by atoms with van der Waals surface area (Å²) in [4.78, 5) is 0. The first-order valence-corrected chi connectivity index (χ1v) is 7.16. The molecule has 0 radical (unpaired) electrons. The lowest BCUT2D eigenvalue weighted by Crippen LogP contribution is -2.36. The highest BCUT2D eigenvalue weighted by Crippen LogP contribution is 2.35. The van der Waals surface area contributed by atoms with Gasteiger partial charge in [-0.15, -0.1) is 0 Å². The van der Waals surface area contributed by atoms with Gasteiger partial charge in [-0.1, -0.05) is 38.5 Å². The maximum atomic E-state index is 12.6. The molecule has 20 heavy (non-hydrogen) atoms. The first-order chi connectivity index (χ1) is 9.26. The van der Waals surface area contributed by atoms with Crippen LogP contribution in [0.25, 0.3) is 0 Å². The third-order valence-corrected chi connectivity index (χ3v) is 4.05. The predicted molar refractivity (Wildman–Crippen MR) is 74.3 cm³/mol. The summed E-state index contributed by atoms with van der Waals surface area (Å²) in [5.74, 6) is 0. The van der Waals surface area contributed by atoms with E-state index in [4.69, 9.17) is 0 Å². The smallest absolute Gasteiger partial charge is 0.310 e. The summed E-state index contributed by atoms with van der Waals surface area (Å²) in [6.07, 6.45) is 0.360. The average Bonchev–Trinajstić information content (AvgIpc) is 2.35. The van der Waals surface area contributed by atoms with Crippen molar-refractivity contribution in [1.29, 1.82) is 0 Å².